The Kier molecular flexibility index (Phi) is 6.59. The van der Waals surface area contributed by atoms with Gasteiger partial charge in [0, 0.05) is 6.07 Å². The monoisotopic (exact) mass is 379 g/mol. The molecule has 26 heavy (non-hydrogen) atoms. The van der Waals surface area contributed by atoms with Gasteiger partial charge in [-0.25, -0.2) is 8.42 Å². The molecule has 0 heterocycles. The van der Waals surface area contributed by atoms with E-state index in [2.05, 4.69) is 4.72 Å². The summed E-state index contributed by atoms with van der Waals surface area (Å²) in [5, 5.41) is 0. The van der Waals surface area contributed by atoms with Gasteiger partial charge in [0.1, 0.15) is 22.4 Å². The molecule has 0 bridgehead atoms. The number of carbonyl (C=O) groups is 1. The average molecular weight is 379 g/mol. The van der Waals surface area contributed by atoms with E-state index < -0.39 is 22.0 Å². The second kappa shape index (κ2) is 8.68. The van der Waals surface area contributed by atoms with Gasteiger partial charge >= 0.3 is 5.97 Å². The predicted octanol–water partition coefficient (Wildman–Crippen LogP) is 1.77. The molecule has 1 N–H and O–H groups in total. The number of hydrogen-bond acceptors (Lipinski definition) is 6. The number of carbonyl (C=O) groups excluding carboxylic acids is 1. The number of methoxy groups -OCH3 is 3. The molecule has 0 saturated heterocycles. The van der Waals surface area contributed by atoms with E-state index in [0.717, 1.165) is 5.56 Å². The first-order valence-electron chi connectivity index (χ1n) is 7.77. The van der Waals surface area contributed by atoms with Crippen LogP contribution >= 0.6 is 0 Å². The molecular weight excluding hydrogens is 358 g/mol. The van der Waals surface area contributed by atoms with Crippen molar-refractivity contribution in [2.75, 3.05) is 21.3 Å². The summed E-state index contributed by atoms with van der Waals surface area (Å²) in [6, 6.07) is 12.4. The number of esters is 1. The molecule has 0 amide bonds. The zero-order valence-electron chi connectivity index (χ0n) is 14.8. The molecule has 0 aliphatic carbocycles. The van der Waals surface area contributed by atoms with Crippen LogP contribution in [0.15, 0.2) is 53.4 Å². The average Bonchev–Trinajstić information content (AvgIpc) is 2.66. The molecule has 1 atom stereocenters. The zero-order valence-corrected chi connectivity index (χ0v) is 15.6. The van der Waals surface area contributed by atoms with Crippen LogP contribution in [-0.2, 0) is 26.0 Å². The molecule has 2 aromatic carbocycles. The van der Waals surface area contributed by atoms with Crippen molar-refractivity contribution in [2.45, 2.75) is 17.4 Å². The minimum atomic E-state index is -4.07. The van der Waals surface area contributed by atoms with Crippen molar-refractivity contribution in [3.8, 4) is 11.5 Å². The van der Waals surface area contributed by atoms with Crippen LogP contribution in [0.2, 0.25) is 0 Å². The third-order valence-corrected chi connectivity index (χ3v) is 5.22. The molecule has 0 saturated carbocycles. The molecule has 0 fully saturated rings. The van der Waals surface area contributed by atoms with Gasteiger partial charge in [-0.1, -0.05) is 30.3 Å². The Morgan fingerprint density at radius 1 is 1.04 bits per heavy atom. The third-order valence-electron chi connectivity index (χ3n) is 3.73. The lowest BCUT2D eigenvalue weighted by molar-refractivity contribution is -0.142. The highest BCUT2D eigenvalue weighted by Gasteiger charge is 2.29. The number of rotatable bonds is 8. The van der Waals surface area contributed by atoms with Gasteiger partial charge in [0.2, 0.25) is 10.0 Å². The number of hydrogen-bond donors (Lipinski definition) is 1. The van der Waals surface area contributed by atoms with Crippen LogP contribution in [0.5, 0.6) is 11.5 Å². The first-order valence-corrected chi connectivity index (χ1v) is 9.25. The molecule has 1 unspecified atom stereocenters. The van der Waals surface area contributed by atoms with Gasteiger partial charge in [-0.2, -0.15) is 4.72 Å². The smallest absolute Gasteiger partial charge is 0.324 e. The Hall–Kier alpha value is -2.58. The van der Waals surface area contributed by atoms with Crippen molar-refractivity contribution in [3.63, 3.8) is 0 Å². The van der Waals surface area contributed by atoms with Gasteiger partial charge in [0.15, 0.2) is 0 Å². The third kappa shape index (κ3) is 4.74. The van der Waals surface area contributed by atoms with Crippen LogP contribution in [0, 0.1) is 0 Å². The standard InChI is InChI=1S/C18H21NO6S/c1-23-14-9-10-16(24-2)17(12-14)26(21,22)19-15(18(20)25-3)11-13-7-5-4-6-8-13/h4-10,12,15,19H,11H2,1-3H3. The van der Waals surface area contributed by atoms with Crippen LogP contribution in [-0.4, -0.2) is 41.8 Å². The molecule has 0 aliphatic heterocycles. The number of benzene rings is 2. The Morgan fingerprint density at radius 2 is 1.73 bits per heavy atom. The summed E-state index contributed by atoms with van der Waals surface area (Å²) in [4.78, 5) is 12.0. The maximum atomic E-state index is 12.8. The lowest BCUT2D eigenvalue weighted by Gasteiger charge is -2.18. The summed E-state index contributed by atoms with van der Waals surface area (Å²) in [5.74, 6) is -0.190. The summed E-state index contributed by atoms with van der Waals surface area (Å²) in [7, 11) is -0.0643. The van der Waals surface area contributed by atoms with Crippen molar-refractivity contribution in [1.82, 2.24) is 4.72 Å². The zero-order chi connectivity index (χ0) is 19.2. The van der Waals surface area contributed by atoms with Gasteiger partial charge in [-0.05, 0) is 24.1 Å². The Balaban J connectivity index is 2.36. The van der Waals surface area contributed by atoms with Crippen molar-refractivity contribution in [1.29, 1.82) is 0 Å². The number of ether oxygens (including phenoxy) is 3. The first kappa shape index (κ1) is 19.7. The highest BCUT2D eigenvalue weighted by molar-refractivity contribution is 7.89. The van der Waals surface area contributed by atoms with Gasteiger partial charge < -0.3 is 14.2 Å². The van der Waals surface area contributed by atoms with E-state index in [-0.39, 0.29) is 17.1 Å². The van der Waals surface area contributed by atoms with Crippen LogP contribution < -0.4 is 14.2 Å². The SMILES string of the molecule is COC(=O)C(Cc1ccccc1)NS(=O)(=O)c1cc(OC)ccc1OC. The summed E-state index contributed by atoms with van der Waals surface area (Å²) in [6.45, 7) is 0. The van der Waals surface area contributed by atoms with Crippen molar-refractivity contribution in [2.24, 2.45) is 0 Å². The van der Waals surface area contributed by atoms with E-state index in [1.807, 2.05) is 18.2 Å². The normalized spacial score (nSPS) is 12.3. The van der Waals surface area contributed by atoms with Gasteiger partial charge in [-0.3, -0.25) is 4.79 Å². The summed E-state index contributed by atoms with van der Waals surface area (Å²) in [6.07, 6.45) is 0.152. The molecule has 2 rings (SSSR count). The molecule has 0 spiro atoms. The number of sulfonamides is 1. The lowest BCUT2D eigenvalue weighted by atomic mass is 10.1. The van der Waals surface area contributed by atoms with E-state index in [1.54, 1.807) is 18.2 Å². The second-order valence-electron chi connectivity index (χ2n) is 5.40. The van der Waals surface area contributed by atoms with Crippen LogP contribution in [0.25, 0.3) is 0 Å². The molecule has 140 valence electrons. The topological polar surface area (TPSA) is 90.9 Å². The van der Waals surface area contributed by atoms with Gasteiger partial charge in [0.05, 0.1) is 21.3 Å². The van der Waals surface area contributed by atoms with E-state index in [4.69, 9.17) is 14.2 Å². The summed E-state index contributed by atoms with van der Waals surface area (Å²) >= 11 is 0. The Labute approximate surface area is 152 Å². The van der Waals surface area contributed by atoms with Gasteiger partial charge in [-0.15, -0.1) is 0 Å². The summed E-state index contributed by atoms with van der Waals surface area (Å²) in [5.41, 5.74) is 0.795. The van der Waals surface area contributed by atoms with E-state index >= 15 is 0 Å². The van der Waals surface area contributed by atoms with E-state index in [9.17, 15) is 13.2 Å². The van der Waals surface area contributed by atoms with Gasteiger partial charge in [0.25, 0.3) is 0 Å². The minimum Gasteiger partial charge on any atom is -0.497 e. The molecule has 7 nitrogen and oxygen atoms in total. The lowest BCUT2D eigenvalue weighted by Crippen LogP contribution is -2.43. The fourth-order valence-corrected chi connectivity index (χ4v) is 3.78. The van der Waals surface area contributed by atoms with Crippen molar-refractivity contribution < 1.29 is 27.4 Å². The highest BCUT2D eigenvalue weighted by atomic mass is 32.2. The largest absolute Gasteiger partial charge is 0.497 e. The van der Waals surface area contributed by atoms with E-state index in [1.165, 1.54) is 33.5 Å². The fraction of sp³-hybridized carbons (Fsp3) is 0.278. The molecule has 0 radical (unpaired) electrons. The highest BCUT2D eigenvalue weighted by Crippen LogP contribution is 2.28. The van der Waals surface area contributed by atoms with E-state index in [0.29, 0.717) is 5.75 Å². The second-order valence-corrected chi connectivity index (χ2v) is 7.09. The first-order chi connectivity index (χ1) is 12.4. The number of nitrogens with one attached hydrogen (secondary N) is 1. The molecule has 0 aliphatic rings. The maximum absolute atomic E-state index is 12.8. The van der Waals surface area contributed by atoms with Crippen molar-refractivity contribution in [3.05, 3.63) is 54.1 Å². The minimum absolute atomic E-state index is 0.124. The summed E-state index contributed by atoms with van der Waals surface area (Å²) < 4.78 is 43.0. The molecular formula is C18H21NO6S. The van der Waals surface area contributed by atoms with Crippen molar-refractivity contribution >= 4 is 16.0 Å². The Bertz CT molecular complexity index is 851. The van der Waals surface area contributed by atoms with Crippen LogP contribution in [0.4, 0.5) is 0 Å². The molecule has 2 aromatic rings. The van der Waals surface area contributed by atoms with Crippen LogP contribution in [0.3, 0.4) is 0 Å². The van der Waals surface area contributed by atoms with Crippen LogP contribution in [0.1, 0.15) is 5.56 Å². The fourth-order valence-electron chi connectivity index (χ4n) is 2.41. The molecule has 8 heteroatoms. The predicted molar refractivity (Wildman–Crippen MR) is 95.8 cm³/mol. The Morgan fingerprint density at radius 3 is 2.31 bits per heavy atom. The quantitative estimate of drug-likeness (QED) is 0.703. The maximum Gasteiger partial charge on any atom is 0.324 e. The molecule has 0 aromatic heterocycles.